The number of hydrogen-bond donors (Lipinski definition) is 1. The molecule has 23 heavy (non-hydrogen) atoms. The van der Waals surface area contributed by atoms with Gasteiger partial charge in [-0.1, -0.05) is 20.8 Å². The number of piperidine rings is 1. The highest BCUT2D eigenvalue weighted by molar-refractivity contribution is 7.89. The Balaban J connectivity index is 1.72. The molecule has 3 fully saturated rings. The zero-order valence-corrected chi connectivity index (χ0v) is 15.4. The largest absolute Gasteiger partial charge is 0.302 e. The number of nitrogens with one attached hydrogen (secondary N) is 1. The Hall–Kier alpha value is -0.460. The van der Waals surface area contributed by atoms with Gasteiger partial charge in [0.25, 0.3) is 0 Å². The summed E-state index contributed by atoms with van der Waals surface area (Å²) in [5, 5.41) is 0. The molecule has 0 aromatic heterocycles. The Labute approximate surface area is 140 Å². The molecule has 0 unspecified atom stereocenters. The molecule has 3 rings (SSSR count). The Bertz CT molecular complexity index is 587. The minimum absolute atomic E-state index is 0.0121. The Morgan fingerprint density at radius 1 is 1.30 bits per heavy atom. The molecule has 6 heteroatoms. The van der Waals surface area contributed by atoms with Gasteiger partial charge in [0, 0.05) is 24.4 Å². The summed E-state index contributed by atoms with van der Waals surface area (Å²) in [5.41, 5.74) is -0.858. The standard InChI is InChI=1S/C17H30N2O3S/c1-4-19-9-5-6-14(11-19)18-23(21,22)12-17-8-7-13(10-15(17)20)16(17,2)3/h13-14,18H,4-12H2,1-3H3/t13-,14-,17-/m0/s1. The minimum atomic E-state index is -3.44. The molecule has 3 aliphatic rings. The van der Waals surface area contributed by atoms with Crippen molar-refractivity contribution in [3.63, 3.8) is 0 Å². The number of rotatable bonds is 5. The second-order valence-electron chi connectivity index (χ2n) is 8.28. The molecule has 2 bridgehead atoms. The van der Waals surface area contributed by atoms with E-state index in [2.05, 4.69) is 30.4 Å². The first-order valence-electron chi connectivity index (χ1n) is 8.96. The van der Waals surface area contributed by atoms with E-state index in [1.807, 2.05) is 0 Å². The van der Waals surface area contributed by atoms with Crippen LogP contribution in [-0.4, -0.2) is 50.5 Å². The zero-order valence-electron chi connectivity index (χ0n) is 14.6. The lowest BCUT2D eigenvalue weighted by Gasteiger charge is -2.37. The van der Waals surface area contributed by atoms with E-state index in [0.29, 0.717) is 12.3 Å². The van der Waals surface area contributed by atoms with Gasteiger partial charge in [-0.2, -0.15) is 0 Å². The van der Waals surface area contributed by atoms with E-state index in [-0.39, 0.29) is 23.0 Å². The van der Waals surface area contributed by atoms with Crippen molar-refractivity contribution in [2.75, 3.05) is 25.4 Å². The number of likely N-dealkylation sites (N-methyl/N-ethyl adjacent to an activating group) is 1. The molecule has 0 radical (unpaired) electrons. The number of hydrogen-bond acceptors (Lipinski definition) is 4. The molecule has 0 aromatic rings. The molecule has 2 saturated carbocycles. The van der Waals surface area contributed by atoms with Crippen LogP contribution in [0.1, 0.15) is 52.9 Å². The summed E-state index contributed by atoms with van der Waals surface area (Å²) in [5.74, 6) is 0.503. The van der Waals surface area contributed by atoms with Crippen LogP contribution in [0.3, 0.4) is 0 Å². The smallest absolute Gasteiger partial charge is 0.212 e. The van der Waals surface area contributed by atoms with Gasteiger partial charge in [-0.25, -0.2) is 13.1 Å². The molecule has 5 nitrogen and oxygen atoms in total. The van der Waals surface area contributed by atoms with E-state index in [0.717, 1.165) is 45.3 Å². The number of sulfonamides is 1. The summed E-state index contributed by atoms with van der Waals surface area (Å²) in [6.07, 6.45) is 4.20. The number of carbonyl (C=O) groups excluding carboxylic acids is 1. The summed E-state index contributed by atoms with van der Waals surface area (Å²) in [6.45, 7) is 9.06. The number of carbonyl (C=O) groups is 1. The van der Waals surface area contributed by atoms with Gasteiger partial charge in [0.05, 0.1) is 5.75 Å². The summed E-state index contributed by atoms with van der Waals surface area (Å²) < 4.78 is 28.5. The lowest BCUT2D eigenvalue weighted by atomic mass is 9.70. The predicted molar refractivity (Wildman–Crippen MR) is 90.6 cm³/mol. The van der Waals surface area contributed by atoms with Crippen LogP contribution in [-0.2, 0) is 14.8 Å². The maximum atomic E-state index is 12.8. The monoisotopic (exact) mass is 342 g/mol. The normalized spacial score (nSPS) is 37.4. The minimum Gasteiger partial charge on any atom is -0.302 e. The van der Waals surface area contributed by atoms with Crippen molar-refractivity contribution in [3.8, 4) is 0 Å². The lowest BCUT2D eigenvalue weighted by molar-refractivity contribution is -0.128. The van der Waals surface area contributed by atoms with Crippen molar-refractivity contribution >= 4 is 15.8 Å². The van der Waals surface area contributed by atoms with E-state index in [9.17, 15) is 13.2 Å². The van der Waals surface area contributed by atoms with Crippen LogP contribution in [0.4, 0.5) is 0 Å². The third kappa shape index (κ3) is 2.87. The molecule has 1 N–H and O–H groups in total. The van der Waals surface area contributed by atoms with Gasteiger partial charge in [-0.3, -0.25) is 4.79 Å². The first kappa shape index (κ1) is 17.4. The van der Waals surface area contributed by atoms with Gasteiger partial charge in [0.15, 0.2) is 0 Å². The van der Waals surface area contributed by atoms with Crippen LogP contribution in [0.15, 0.2) is 0 Å². The molecule has 0 spiro atoms. The molecule has 1 heterocycles. The van der Waals surface area contributed by atoms with Gasteiger partial charge < -0.3 is 4.90 Å². The van der Waals surface area contributed by atoms with Gasteiger partial charge in [0.2, 0.25) is 10.0 Å². The highest BCUT2D eigenvalue weighted by atomic mass is 32.2. The molecule has 0 aromatic carbocycles. The third-order valence-electron chi connectivity index (χ3n) is 6.87. The lowest BCUT2D eigenvalue weighted by Crippen LogP contribution is -2.51. The van der Waals surface area contributed by atoms with Crippen molar-refractivity contribution in [2.24, 2.45) is 16.7 Å². The number of fused-ring (bicyclic) bond motifs is 2. The summed E-state index contributed by atoms with van der Waals surface area (Å²) in [4.78, 5) is 14.8. The fourth-order valence-electron chi connectivity index (χ4n) is 5.17. The van der Waals surface area contributed by atoms with Gasteiger partial charge in [-0.15, -0.1) is 0 Å². The fourth-order valence-corrected chi connectivity index (χ4v) is 7.28. The molecule has 1 saturated heterocycles. The van der Waals surface area contributed by atoms with Gasteiger partial charge >= 0.3 is 0 Å². The fraction of sp³-hybridized carbons (Fsp3) is 0.941. The van der Waals surface area contributed by atoms with Crippen LogP contribution in [0.25, 0.3) is 0 Å². The summed E-state index contributed by atoms with van der Waals surface area (Å²) in [6, 6.07) is -0.0121. The Morgan fingerprint density at radius 3 is 2.61 bits per heavy atom. The number of likely N-dealkylation sites (tertiary alicyclic amines) is 1. The summed E-state index contributed by atoms with van der Waals surface area (Å²) in [7, 11) is -3.44. The molecular weight excluding hydrogens is 312 g/mol. The number of ketones is 1. The maximum Gasteiger partial charge on any atom is 0.212 e. The Morgan fingerprint density at radius 2 is 2.04 bits per heavy atom. The van der Waals surface area contributed by atoms with Crippen molar-refractivity contribution in [1.82, 2.24) is 9.62 Å². The van der Waals surface area contributed by atoms with Crippen LogP contribution in [0.2, 0.25) is 0 Å². The molecular formula is C17H30N2O3S. The number of Topliss-reactive ketones (excluding diaryl/α,β-unsaturated/α-hetero) is 1. The number of nitrogens with zero attached hydrogens (tertiary/aromatic N) is 1. The van der Waals surface area contributed by atoms with E-state index in [4.69, 9.17) is 0 Å². The zero-order chi connectivity index (χ0) is 16.9. The third-order valence-corrected chi connectivity index (χ3v) is 8.44. The molecule has 0 amide bonds. The van der Waals surface area contributed by atoms with E-state index in [1.165, 1.54) is 0 Å². The second-order valence-corrected chi connectivity index (χ2v) is 10.0. The average Bonchev–Trinajstić information content (AvgIpc) is 2.80. The van der Waals surface area contributed by atoms with Crippen molar-refractivity contribution in [2.45, 2.75) is 58.9 Å². The maximum absolute atomic E-state index is 12.8. The average molecular weight is 343 g/mol. The van der Waals surface area contributed by atoms with Crippen LogP contribution in [0.5, 0.6) is 0 Å². The molecule has 3 atom stereocenters. The summed E-state index contributed by atoms with van der Waals surface area (Å²) >= 11 is 0. The van der Waals surface area contributed by atoms with Crippen molar-refractivity contribution < 1.29 is 13.2 Å². The van der Waals surface area contributed by atoms with Crippen LogP contribution < -0.4 is 4.72 Å². The van der Waals surface area contributed by atoms with E-state index >= 15 is 0 Å². The van der Waals surface area contributed by atoms with Crippen molar-refractivity contribution in [3.05, 3.63) is 0 Å². The highest BCUT2D eigenvalue weighted by Crippen LogP contribution is 2.64. The second kappa shape index (κ2) is 5.81. The molecule has 132 valence electrons. The Kier molecular flexibility index (Phi) is 4.39. The van der Waals surface area contributed by atoms with Gasteiger partial charge in [-0.05, 0) is 50.1 Å². The SMILES string of the molecule is CCN1CCC[C@H](NS(=O)(=O)C[C@@]23CC[C@@H](CC2=O)C3(C)C)C1. The molecule has 1 aliphatic heterocycles. The van der Waals surface area contributed by atoms with E-state index < -0.39 is 15.4 Å². The highest BCUT2D eigenvalue weighted by Gasteiger charge is 2.65. The van der Waals surface area contributed by atoms with Gasteiger partial charge in [0.1, 0.15) is 5.78 Å². The van der Waals surface area contributed by atoms with Crippen LogP contribution in [0, 0.1) is 16.7 Å². The first-order chi connectivity index (χ1) is 10.7. The van der Waals surface area contributed by atoms with Crippen molar-refractivity contribution in [1.29, 1.82) is 0 Å². The van der Waals surface area contributed by atoms with E-state index in [1.54, 1.807) is 0 Å². The van der Waals surface area contributed by atoms with Crippen LogP contribution >= 0.6 is 0 Å². The topological polar surface area (TPSA) is 66.5 Å². The quantitative estimate of drug-likeness (QED) is 0.827. The predicted octanol–water partition coefficient (Wildman–Crippen LogP) is 1.79. The molecule has 2 aliphatic carbocycles. The first-order valence-corrected chi connectivity index (χ1v) is 10.6.